The first-order valence-electron chi connectivity index (χ1n) is 9.04. The van der Waals surface area contributed by atoms with Crippen LogP contribution in [0.15, 0.2) is 87.7 Å². The molecule has 0 fully saturated rings. The molecule has 0 saturated heterocycles. The molecule has 3 aromatic heterocycles. The van der Waals surface area contributed by atoms with Crippen LogP contribution in [0.1, 0.15) is 0 Å². The molecular formula is C21H12ClFN6OS. The second-order valence-corrected chi connectivity index (χ2v) is 7.90. The average Bonchev–Trinajstić information content (AvgIpc) is 3.47. The first-order valence-corrected chi connectivity index (χ1v) is 10.2. The maximum atomic E-state index is 13.3. The maximum absolute atomic E-state index is 13.3. The Morgan fingerprint density at radius 2 is 1.68 bits per heavy atom. The Morgan fingerprint density at radius 1 is 0.935 bits per heavy atom. The summed E-state index contributed by atoms with van der Waals surface area (Å²) in [5.41, 5.74) is 2.39. The zero-order chi connectivity index (χ0) is 21.2. The summed E-state index contributed by atoms with van der Waals surface area (Å²) in [7, 11) is 0. The van der Waals surface area contributed by atoms with Crippen molar-refractivity contribution in [2.75, 3.05) is 0 Å². The minimum Gasteiger partial charge on any atom is -0.422 e. The predicted octanol–water partition coefficient (Wildman–Crippen LogP) is 5.32. The van der Waals surface area contributed by atoms with Gasteiger partial charge in [0.05, 0.1) is 23.0 Å². The fraction of sp³-hybridized carbons (Fsp3) is 0. The van der Waals surface area contributed by atoms with Crippen LogP contribution in [-0.2, 0) is 0 Å². The molecule has 0 bridgehead atoms. The highest BCUT2D eigenvalue weighted by Crippen LogP contribution is 2.36. The van der Waals surface area contributed by atoms with Crippen molar-refractivity contribution in [3.8, 4) is 28.7 Å². The summed E-state index contributed by atoms with van der Waals surface area (Å²) in [6, 6.07) is 13.6. The summed E-state index contributed by atoms with van der Waals surface area (Å²) >= 11 is 7.52. The Bertz CT molecular complexity index is 1310. The van der Waals surface area contributed by atoms with Crippen LogP contribution in [0.5, 0.6) is 0 Å². The van der Waals surface area contributed by atoms with E-state index < -0.39 is 0 Å². The third-order valence-electron chi connectivity index (χ3n) is 4.29. The van der Waals surface area contributed by atoms with Gasteiger partial charge in [-0.1, -0.05) is 23.4 Å². The molecule has 5 rings (SSSR count). The zero-order valence-electron chi connectivity index (χ0n) is 15.7. The number of hydrogen-bond donors (Lipinski definition) is 0. The first-order chi connectivity index (χ1) is 15.2. The van der Waals surface area contributed by atoms with Crippen LogP contribution < -0.4 is 0 Å². The lowest BCUT2D eigenvalue weighted by Crippen LogP contribution is -1.96. The predicted molar refractivity (Wildman–Crippen MR) is 113 cm³/mol. The van der Waals surface area contributed by atoms with Gasteiger partial charge in [-0.25, -0.2) is 14.1 Å². The van der Waals surface area contributed by atoms with Crippen molar-refractivity contribution in [2.24, 2.45) is 0 Å². The van der Waals surface area contributed by atoms with Crippen molar-refractivity contribution in [2.45, 2.75) is 9.79 Å². The van der Waals surface area contributed by atoms with E-state index >= 15 is 0 Å². The standard InChI is InChI=1S/C21H12ClFN6OS/c22-13-1-7-16(8-2-13)31-19-11-29(15-5-3-14(23)4-6-15)28-20(19)17-9-25-18(10-24-17)21-27-26-12-30-21/h1-12H. The van der Waals surface area contributed by atoms with Gasteiger partial charge in [0.2, 0.25) is 6.39 Å². The third kappa shape index (κ3) is 4.18. The Balaban J connectivity index is 1.55. The molecule has 0 aliphatic carbocycles. The number of nitrogens with zero attached hydrogens (tertiary/aromatic N) is 6. The first kappa shape index (κ1) is 19.4. The van der Waals surface area contributed by atoms with Crippen LogP contribution >= 0.6 is 23.4 Å². The Kier molecular flexibility index (Phi) is 5.19. The van der Waals surface area contributed by atoms with Crippen LogP contribution in [0.4, 0.5) is 4.39 Å². The van der Waals surface area contributed by atoms with Crippen molar-refractivity contribution < 1.29 is 8.81 Å². The molecule has 0 aliphatic rings. The molecule has 10 heteroatoms. The molecular weight excluding hydrogens is 439 g/mol. The van der Waals surface area contributed by atoms with Crippen molar-refractivity contribution >= 4 is 23.4 Å². The highest BCUT2D eigenvalue weighted by Gasteiger charge is 2.16. The molecule has 3 heterocycles. The summed E-state index contributed by atoms with van der Waals surface area (Å²) in [5, 5.41) is 12.8. The van der Waals surface area contributed by atoms with Gasteiger partial charge in [-0.2, -0.15) is 5.10 Å². The highest BCUT2D eigenvalue weighted by molar-refractivity contribution is 7.99. The Labute approximate surface area is 185 Å². The average molecular weight is 451 g/mol. The van der Waals surface area contributed by atoms with Gasteiger partial charge in [-0.15, -0.1) is 10.2 Å². The van der Waals surface area contributed by atoms with E-state index in [1.165, 1.54) is 30.3 Å². The SMILES string of the molecule is Fc1ccc(-n2cc(Sc3ccc(Cl)cc3)c(-c3cnc(-c4nnco4)cn3)n2)cc1. The van der Waals surface area contributed by atoms with Gasteiger partial charge >= 0.3 is 0 Å². The van der Waals surface area contributed by atoms with Gasteiger partial charge in [0.25, 0.3) is 5.89 Å². The highest BCUT2D eigenvalue weighted by atomic mass is 35.5. The van der Waals surface area contributed by atoms with Crippen LogP contribution in [0.2, 0.25) is 5.02 Å². The molecule has 2 aromatic carbocycles. The van der Waals surface area contributed by atoms with E-state index in [0.29, 0.717) is 22.1 Å². The van der Waals surface area contributed by atoms with E-state index in [4.69, 9.17) is 16.0 Å². The van der Waals surface area contributed by atoms with E-state index in [0.717, 1.165) is 15.5 Å². The van der Waals surface area contributed by atoms with Crippen LogP contribution in [0.3, 0.4) is 0 Å². The molecule has 152 valence electrons. The van der Waals surface area contributed by atoms with Gasteiger partial charge in [0.15, 0.2) is 0 Å². The molecule has 0 unspecified atom stereocenters. The largest absolute Gasteiger partial charge is 0.422 e. The van der Waals surface area contributed by atoms with Crippen LogP contribution in [-0.4, -0.2) is 29.9 Å². The Morgan fingerprint density at radius 3 is 2.35 bits per heavy atom. The minimum atomic E-state index is -0.311. The third-order valence-corrected chi connectivity index (χ3v) is 5.57. The lowest BCUT2D eigenvalue weighted by atomic mass is 10.3. The quantitative estimate of drug-likeness (QED) is 0.358. The molecule has 0 aliphatic heterocycles. The van der Waals surface area contributed by atoms with Gasteiger partial charge in [0, 0.05) is 16.1 Å². The molecule has 5 aromatic rings. The second-order valence-electron chi connectivity index (χ2n) is 6.35. The monoisotopic (exact) mass is 450 g/mol. The fourth-order valence-corrected chi connectivity index (χ4v) is 3.86. The summed E-state index contributed by atoms with van der Waals surface area (Å²) in [6.07, 6.45) is 6.25. The van der Waals surface area contributed by atoms with Crippen molar-refractivity contribution in [1.82, 2.24) is 29.9 Å². The van der Waals surface area contributed by atoms with Gasteiger partial charge in [0.1, 0.15) is 22.9 Å². The smallest absolute Gasteiger partial charge is 0.267 e. The summed E-state index contributed by atoms with van der Waals surface area (Å²) in [4.78, 5) is 10.7. The number of hydrogen-bond acceptors (Lipinski definition) is 7. The van der Waals surface area contributed by atoms with E-state index in [9.17, 15) is 4.39 Å². The number of halogens is 2. The molecule has 0 saturated carbocycles. The summed E-state index contributed by atoms with van der Waals surface area (Å²) < 4.78 is 20.2. The van der Waals surface area contributed by atoms with Crippen LogP contribution in [0, 0.1) is 5.82 Å². The topological polar surface area (TPSA) is 82.5 Å². The second kappa shape index (κ2) is 8.29. The van der Waals surface area contributed by atoms with E-state index in [2.05, 4.69) is 25.3 Å². The molecule has 0 spiro atoms. The molecule has 0 N–H and O–H groups in total. The Hall–Kier alpha value is -3.56. The molecule has 31 heavy (non-hydrogen) atoms. The van der Waals surface area contributed by atoms with Crippen molar-refractivity contribution in [3.63, 3.8) is 0 Å². The number of aromatic nitrogens is 6. The maximum Gasteiger partial charge on any atom is 0.267 e. The van der Waals surface area contributed by atoms with E-state index in [1.807, 2.05) is 30.5 Å². The van der Waals surface area contributed by atoms with E-state index in [-0.39, 0.29) is 11.7 Å². The van der Waals surface area contributed by atoms with Gasteiger partial charge in [-0.05, 0) is 48.5 Å². The summed E-state index contributed by atoms with van der Waals surface area (Å²) in [6.45, 7) is 0. The van der Waals surface area contributed by atoms with Crippen LogP contribution in [0.25, 0.3) is 28.7 Å². The molecule has 0 radical (unpaired) electrons. The fourth-order valence-electron chi connectivity index (χ4n) is 2.81. The van der Waals surface area contributed by atoms with Crippen molar-refractivity contribution in [3.05, 3.63) is 84.4 Å². The normalized spacial score (nSPS) is 11.0. The molecule has 0 amide bonds. The number of rotatable bonds is 5. The molecule has 7 nitrogen and oxygen atoms in total. The lowest BCUT2D eigenvalue weighted by Gasteiger charge is -2.02. The minimum absolute atomic E-state index is 0.284. The van der Waals surface area contributed by atoms with Crippen molar-refractivity contribution in [1.29, 1.82) is 0 Å². The molecule has 0 atom stereocenters. The summed E-state index contributed by atoms with van der Waals surface area (Å²) in [5.74, 6) is -0.0268. The van der Waals surface area contributed by atoms with Gasteiger partial charge in [-0.3, -0.25) is 4.98 Å². The van der Waals surface area contributed by atoms with E-state index in [1.54, 1.807) is 29.2 Å². The van der Waals surface area contributed by atoms with Gasteiger partial charge < -0.3 is 4.42 Å². The lowest BCUT2D eigenvalue weighted by molar-refractivity contribution is 0.566. The number of benzene rings is 2. The zero-order valence-corrected chi connectivity index (χ0v) is 17.3.